The standard InChI is InChI=1S/C18H14BrClN2O3S2/c19-12-3-5-13(6-4-12)22-27(24,25)17-10-14(7-8-16(17)20)21-18(23)11-15-2-1-9-26-15/h1-10,22H,11H2,(H,21,23). The highest BCUT2D eigenvalue weighted by atomic mass is 79.9. The molecule has 1 heterocycles. The Kier molecular flexibility index (Phi) is 6.21. The fourth-order valence-electron chi connectivity index (χ4n) is 2.29. The van der Waals surface area contributed by atoms with E-state index in [0.29, 0.717) is 11.4 Å². The molecule has 0 unspecified atom stereocenters. The molecule has 9 heteroatoms. The number of hydrogen-bond donors (Lipinski definition) is 2. The molecule has 0 saturated carbocycles. The van der Waals surface area contributed by atoms with Crippen molar-refractivity contribution in [3.8, 4) is 0 Å². The van der Waals surface area contributed by atoms with Crippen LogP contribution in [0.2, 0.25) is 5.02 Å². The molecule has 27 heavy (non-hydrogen) atoms. The van der Waals surface area contributed by atoms with Crippen molar-refractivity contribution in [1.82, 2.24) is 0 Å². The van der Waals surface area contributed by atoms with Crippen molar-refractivity contribution in [1.29, 1.82) is 0 Å². The molecule has 2 aromatic carbocycles. The first-order valence-corrected chi connectivity index (χ1v) is 11.3. The lowest BCUT2D eigenvalue weighted by Gasteiger charge is -2.12. The lowest BCUT2D eigenvalue weighted by Crippen LogP contribution is -2.16. The molecule has 2 N–H and O–H groups in total. The van der Waals surface area contributed by atoms with Crippen molar-refractivity contribution in [2.45, 2.75) is 11.3 Å². The van der Waals surface area contributed by atoms with Gasteiger partial charge >= 0.3 is 0 Å². The van der Waals surface area contributed by atoms with E-state index < -0.39 is 10.0 Å². The van der Waals surface area contributed by atoms with Gasteiger partial charge in [0.05, 0.1) is 11.4 Å². The van der Waals surface area contributed by atoms with Crippen LogP contribution in [0.25, 0.3) is 0 Å². The zero-order chi connectivity index (χ0) is 19.4. The highest BCUT2D eigenvalue weighted by Gasteiger charge is 2.19. The maximum Gasteiger partial charge on any atom is 0.263 e. The summed E-state index contributed by atoms with van der Waals surface area (Å²) in [6, 6.07) is 14.8. The third-order valence-electron chi connectivity index (χ3n) is 3.52. The number of thiophene rings is 1. The number of nitrogens with one attached hydrogen (secondary N) is 2. The molecule has 3 rings (SSSR count). The van der Waals surface area contributed by atoms with Crippen molar-refractivity contribution < 1.29 is 13.2 Å². The Hall–Kier alpha value is -1.87. The minimum atomic E-state index is -3.91. The Morgan fingerprint density at radius 2 is 1.78 bits per heavy atom. The van der Waals surface area contributed by atoms with Crippen LogP contribution < -0.4 is 10.0 Å². The molecule has 0 aliphatic rings. The first-order valence-electron chi connectivity index (χ1n) is 7.74. The molecule has 0 spiro atoms. The van der Waals surface area contributed by atoms with Gasteiger partial charge < -0.3 is 5.32 Å². The maximum absolute atomic E-state index is 12.7. The zero-order valence-electron chi connectivity index (χ0n) is 13.8. The fourth-order valence-corrected chi connectivity index (χ4v) is 4.85. The van der Waals surface area contributed by atoms with E-state index in [1.54, 1.807) is 30.3 Å². The van der Waals surface area contributed by atoms with Crippen LogP contribution in [-0.2, 0) is 21.2 Å². The Balaban J connectivity index is 1.79. The molecule has 140 valence electrons. The summed E-state index contributed by atoms with van der Waals surface area (Å²) in [5.74, 6) is -0.232. The number of amides is 1. The van der Waals surface area contributed by atoms with Crippen molar-refractivity contribution in [2.24, 2.45) is 0 Å². The Morgan fingerprint density at radius 3 is 2.44 bits per heavy atom. The first kappa shape index (κ1) is 19.9. The molecule has 0 fully saturated rings. The predicted octanol–water partition coefficient (Wildman–Crippen LogP) is 5.15. The minimum Gasteiger partial charge on any atom is -0.326 e. The van der Waals surface area contributed by atoms with Crippen molar-refractivity contribution >= 4 is 66.2 Å². The third-order valence-corrected chi connectivity index (χ3v) is 6.78. The largest absolute Gasteiger partial charge is 0.326 e. The van der Waals surface area contributed by atoms with Gasteiger partial charge in [0, 0.05) is 20.7 Å². The van der Waals surface area contributed by atoms with Crippen LogP contribution >= 0.6 is 38.9 Å². The monoisotopic (exact) mass is 484 g/mol. The number of sulfonamides is 1. The molecule has 5 nitrogen and oxygen atoms in total. The SMILES string of the molecule is O=C(Cc1cccs1)Nc1ccc(Cl)c(S(=O)(=O)Nc2ccc(Br)cc2)c1. The number of anilines is 2. The molecular formula is C18H14BrClN2O3S2. The fraction of sp³-hybridized carbons (Fsp3) is 0.0556. The lowest BCUT2D eigenvalue weighted by molar-refractivity contribution is -0.115. The molecule has 0 radical (unpaired) electrons. The molecule has 0 bridgehead atoms. The topological polar surface area (TPSA) is 75.3 Å². The van der Waals surface area contributed by atoms with Crippen molar-refractivity contribution in [3.05, 3.63) is 74.3 Å². The average Bonchev–Trinajstić information content (AvgIpc) is 3.11. The van der Waals surface area contributed by atoms with Gasteiger partial charge in [-0.2, -0.15) is 0 Å². The molecule has 0 aliphatic heterocycles. The first-order chi connectivity index (χ1) is 12.8. The van der Waals surface area contributed by atoms with Crippen molar-refractivity contribution in [2.75, 3.05) is 10.0 Å². The summed E-state index contributed by atoms with van der Waals surface area (Å²) in [5, 5.41) is 4.66. The van der Waals surface area contributed by atoms with E-state index in [0.717, 1.165) is 9.35 Å². The summed E-state index contributed by atoms with van der Waals surface area (Å²) < 4.78 is 28.7. The van der Waals surface area contributed by atoms with Gasteiger partial charge in [-0.3, -0.25) is 9.52 Å². The van der Waals surface area contributed by atoms with E-state index in [-0.39, 0.29) is 22.2 Å². The Labute approximate surface area is 174 Å². The van der Waals surface area contributed by atoms with E-state index in [1.807, 2.05) is 17.5 Å². The van der Waals surface area contributed by atoms with Gasteiger partial charge in [-0.15, -0.1) is 11.3 Å². The number of rotatable bonds is 6. The quantitative estimate of drug-likeness (QED) is 0.507. The van der Waals surface area contributed by atoms with Crippen LogP contribution in [0.5, 0.6) is 0 Å². The predicted molar refractivity (Wildman–Crippen MR) is 113 cm³/mol. The molecule has 1 aromatic heterocycles. The molecule has 0 aliphatic carbocycles. The molecule has 3 aromatic rings. The second kappa shape index (κ2) is 8.43. The summed E-state index contributed by atoms with van der Waals surface area (Å²) in [6.45, 7) is 0. The summed E-state index contributed by atoms with van der Waals surface area (Å²) in [4.78, 5) is 13.0. The number of carbonyl (C=O) groups is 1. The molecule has 0 saturated heterocycles. The smallest absolute Gasteiger partial charge is 0.263 e. The summed E-state index contributed by atoms with van der Waals surface area (Å²) in [7, 11) is -3.91. The Bertz CT molecular complexity index is 1050. The van der Waals surface area contributed by atoms with Crippen LogP contribution in [0.3, 0.4) is 0 Å². The van der Waals surface area contributed by atoms with Crippen LogP contribution in [0.1, 0.15) is 4.88 Å². The van der Waals surface area contributed by atoms with Crippen molar-refractivity contribution in [3.63, 3.8) is 0 Å². The molecular weight excluding hydrogens is 472 g/mol. The number of benzene rings is 2. The zero-order valence-corrected chi connectivity index (χ0v) is 17.8. The van der Waals surface area contributed by atoms with Gasteiger partial charge in [0.25, 0.3) is 10.0 Å². The highest BCUT2D eigenvalue weighted by molar-refractivity contribution is 9.10. The third kappa shape index (κ3) is 5.32. The van der Waals surface area contributed by atoms with Gasteiger partial charge in [0.15, 0.2) is 0 Å². The van der Waals surface area contributed by atoms with Crippen LogP contribution in [0.4, 0.5) is 11.4 Å². The molecule has 1 amide bonds. The van der Waals surface area contributed by atoms with E-state index in [2.05, 4.69) is 26.0 Å². The maximum atomic E-state index is 12.7. The lowest BCUT2D eigenvalue weighted by atomic mass is 10.3. The van der Waals surface area contributed by atoms with E-state index >= 15 is 0 Å². The number of hydrogen-bond acceptors (Lipinski definition) is 4. The van der Waals surface area contributed by atoms with E-state index in [4.69, 9.17) is 11.6 Å². The Morgan fingerprint density at radius 1 is 1.07 bits per heavy atom. The van der Waals surface area contributed by atoms with E-state index in [9.17, 15) is 13.2 Å². The average molecular weight is 486 g/mol. The highest BCUT2D eigenvalue weighted by Crippen LogP contribution is 2.27. The number of halogens is 2. The summed E-state index contributed by atoms with van der Waals surface area (Å²) >= 11 is 10.9. The van der Waals surface area contributed by atoms with E-state index in [1.165, 1.54) is 23.5 Å². The molecule has 0 atom stereocenters. The number of carbonyl (C=O) groups excluding carboxylic acids is 1. The van der Waals surface area contributed by atoms with Gasteiger partial charge in [-0.05, 0) is 53.9 Å². The van der Waals surface area contributed by atoms with Gasteiger partial charge in [0.1, 0.15) is 4.90 Å². The minimum absolute atomic E-state index is 0.0656. The van der Waals surface area contributed by atoms with Crippen LogP contribution in [-0.4, -0.2) is 14.3 Å². The van der Waals surface area contributed by atoms with Gasteiger partial charge in [-0.1, -0.05) is 33.6 Å². The van der Waals surface area contributed by atoms with Crippen LogP contribution in [0, 0.1) is 0 Å². The summed E-state index contributed by atoms with van der Waals surface area (Å²) in [5.41, 5.74) is 0.763. The van der Waals surface area contributed by atoms with Gasteiger partial charge in [0.2, 0.25) is 5.91 Å². The second-order valence-electron chi connectivity index (χ2n) is 5.56. The van der Waals surface area contributed by atoms with Gasteiger partial charge in [-0.25, -0.2) is 8.42 Å². The summed E-state index contributed by atoms with van der Waals surface area (Å²) in [6.07, 6.45) is 0.222. The van der Waals surface area contributed by atoms with Crippen LogP contribution in [0.15, 0.2) is 69.3 Å². The normalized spacial score (nSPS) is 11.2. The second-order valence-corrected chi connectivity index (χ2v) is 9.57.